The van der Waals surface area contributed by atoms with Crippen molar-refractivity contribution in [3.63, 3.8) is 0 Å². The summed E-state index contributed by atoms with van der Waals surface area (Å²) in [6.07, 6.45) is 0.142. The molecule has 5 heteroatoms. The molecule has 25 heavy (non-hydrogen) atoms. The van der Waals surface area contributed by atoms with Crippen molar-refractivity contribution in [3.05, 3.63) is 65.9 Å². The largest absolute Gasteiger partial charge is 0.454 e. The molecule has 1 unspecified atom stereocenters. The van der Waals surface area contributed by atoms with Crippen LogP contribution >= 0.6 is 0 Å². The summed E-state index contributed by atoms with van der Waals surface area (Å²) in [4.78, 5) is 17.1. The van der Waals surface area contributed by atoms with E-state index in [1.54, 1.807) is 18.2 Å². The van der Waals surface area contributed by atoms with E-state index in [2.05, 4.69) is 11.1 Å². The lowest BCUT2D eigenvalue weighted by molar-refractivity contribution is -0.118. The number of aromatic nitrogens is 1. The van der Waals surface area contributed by atoms with Gasteiger partial charge in [0.2, 0.25) is 6.79 Å². The van der Waals surface area contributed by atoms with Gasteiger partial charge in [-0.05, 0) is 29.8 Å². The summed E-state index contributed by atoms with van der Waals surface area (Å²) >= 11 is 0. The maximum absolute atomic E-state index is 12.6. The lowest BCUT2D eigenvalue weighted by Gasteiger charge is -2.09. The van der Waals surface area contributed by atoms with Crippen molar-refractivity contribution in [1.29, 1.82) is 5.26 Å². The van der Waals surface area contributed by atoms with Crippen LogP contribution < -0.4 is 9.47 Å². The number of Topliss-reactive ketones (excluding diaryl/α,β-unsaturated/α-hetero) is 1. The lowest BCUT2D eigenvalue weighted by atomic mass is 9.95. The molecule has 2 aromatic carbocycles. The molecule has 1 aliphatic rings. The smallest absolute Gasteiger partial charge is 0.231 e. The minimum atomic E-state index is -0.893. The molecule has 0 N–H and O–H groups in total. The highest BCUT2D eigenvalue weighted by molar-refractivity contribution is 5.90. The molecule has 0 saturated heterocycles. The Bertz CT molecular complexity index is 1010. The first-order valence-corrected chi connectivity index (χ1v) is 7.91. The fraction of sp³-hybridized carbons (Fsp3) is 0.150. The number of para-hydroxylation sites is 1. The van der Waals surface area contributed by atoms with Gasteiger partial charge in [-0.1, -0.05) is 30.3 Å². The number of ether oxygens (including phenoxy) is 2. The van der Waals surface area contributed by atoms with Crippen LogP contribution in [0.3, 0.4) is 0 Å². The third kappa shape index (κ3) is 2.90. The highest BCUT2D eigenvalue weighted by atomic mass is 16.7. The number of rotatable bonds is 4. The monoisotopic (exact) mass is 330 g/mol. The van der Waals surface area contributed by atoms with E-state index < -0.39 is 5.92 Å². The second-order valence-electron chi connectivity index (χ2n) is 5.82. The molecule has 4 rings (SSSR count). The highest BCUT2D eigenvalue weighted by Gasteiger charge is 2.23. The molecule has 0 bridgehead atoms. The SMILES string of the molecule is N#CC(C(=O)Cc1ccc2c(c1)OCO2)c1ccc2ccccc2n1. The van der Waals surface area contributed by atoms with E-state index in [-0.39, 0.29) is 19.0 Å². The van der Waals surface area contributed by atoms with Gasteiger partial charge in [0.25, 0.3) is 0 Å². The van der Waals surface area contributed by atoms with E-state index in [9.17, 15) is 10.1 Å². The zero-order valence-corrected chi connectivity index (χ0v) is 13.3. The summed E-state index contributed by atoms with van der Waals surface area (Å²) in [5.41, 5.74) is 2.04. The minimum Gasteiger partial charge on any atom is -0.454 e. The summed E-state index contributed by atoms with van der Waals surface area (Å²) in [7, 11) is 0. The lowest BCUT2D eigenvalue weighted by Crippen LogP contribution is -2.15. The van der Waals surface area contributed by atoms with E-state index in [0.29, 0.717) is 17.2 Å². The van der Waals surface area contributed by atoms with E-state index in [4.69, 9.17) is 9.47 Å². The Hall–Kier alpha value is -3.39. The Kier molecular flexibility index (Phi) is 3.79. The number of hydrogen-bond donors (Lipinski definition) is 0. The average Bonchev–Trinajstić information content (AvgIpc) is 3.10. The third-order valence-electron chi connectivity index (χ3n) is 4.18. The summed E-state index contributed by atoms with van der Waals surface area (Å²) < 4.78 is 10.6. The van der Waals surface area contributed by atoms with Crippen molar-refractivity contribution in [3.8, 4) is 17.6 Å². The topological polar surface area (TPSA) is 72.2 Å². The van der Waals surface area contributed by atoms with Crippen LogP contribution in [-0.2, 0) is 11.2 Å². The van der Waals surface area contributed by atoms with Crippen molar-refractivity contribution in [2.75, 3.05) is 6.79 Å². The Morgan fingerprint density at radius 1 is 1.12 bits per heavy atom. The van der Waals surface area contributed by atoms with Crippen molar-refractivity contribution in [1.82, 2.24) is 4.98 Å². The zero-order valence-electron chi connectivity index (χ0n) is 13.3. The Balaban J connectivity index is 1.59. The summed E-state index contributed by atoms with van der Waals surface area (Å²) in [5.74, 6) is 0.214. The Labute approximate surface area is 144 Å². The van der Waals surface area contributed by atoms with Crippen molar-refractivity contribution < 1.29 is 14.3 Å². The molecule has 1 aromatic heterocycles. The number of nitriles is 1. The molecular weight excluding hydrogens is 316 g/mol. The number of pyridine rings is 1. The molecule has 0 fully saturated rings. The third-order valence-corrected chi connectivity index (χ3v) is 4.18. The number of ketones is 1. The second kappa shape index (κ2) is 6.25. The molecule has 0 amide bonds. The first-order valence-electron chi connectivity index (χ1n) is 7.91. The molecular formula is C20H14N2O3. The van der Waals surface area contributed by atoms with Crippen molar-refractivity contribution >= 4 is 16.7 Å². The Morgan fingerprint density at radius 3 is 2.84 bits per heavy atom. The average molecular weight is 330 g/mol. The summed E-state index contributed by atoms with van der Waals surface area (Å²) in [5, 5.41) is 10.5. The van der Waals surface area contributed by atoms with E-state index in [1.165, 1.54) is 0 Å². The summed E-state index contributed by atoms with van der Waals surface area (Å²) in [6.45, 7) is 0.189. The van der Waals surface area contributed by atoms with Gasteiger partial charge in [0.1, 0.15) is 5.92 Å². The van der Waals surface area contributed by atoms with Crippen molar-refractivity contribution in [2.24, 2.45) is 0 Å². The molecule has 0 saturated carbocycles. The molecule has 2 heterocycles. The van der Waals surface area contributed by atoms with Crippen molar-refractivity contribution in [2.45, 2.75) is 12.3 Å². The van der Waals surface area contributed by atoms with Crippen LogP contribution in [-0.4, -0.2) is 17.6 Å². The predicted octanol–water partition coefficient (Wildman–Crippen LogP) is 3.38. The second-order valence-corrected chi connectivity index (χ2v) is 5.82. The van der Waals surface area contributed by atoms with E-state index >= 15 is 0 Å². The molecule has 0 aliphatic carbocycles. The van der Waals surface area contributed by atoms with Gasteiger partial charge in [0.15, 0.2) is 17.3 Å². The molecule has 122 valence electrons. The zero-order chi connectivity index (χ0) is 17.2. The molecule has 0 spiro atoms. The number of benzene rings is 2. The normalized spacial score (nSPS) is 13.4. The van der Waals surface area contributed by atoms with Crippen LogP contribution in [0.2, 0.25) is 0 Å². The fourth-order valence-corrected chi connectivity index (χ4v) is 2.90. The maximum Gasteiger partial charge on any atom is 0.231 e. The van der Waals surface area contributed by atoms with E-state index in [1.807, 2.05) is 36.4 Å². The van der Waals surface area contributed by atoms with Gasteiger partial charge in [-0.2, -0.15) is 5.26 Å². The van der Waals surface area contributed by atoms with Gasteiger partial charge >= 0.3 is 0 Å². The summed E-state index contributed by atoms with van der Waals surface area (Å²) in [6, 6.07) is 18.7. The van der Waals surface area contributed by atoms with E-state index in [0.717, 1.165) is 16.5 Å². The van der Waals surface area contributed by atoms with Gasteiger partial charge in [0, 0.05) is 11.8 Å². The predicted molar refractivity (Wildman–Crippen MR) is 91.4 cm³/mol. The van der Waals surface area contributed by atoms with Crippen LogP contribution in [0.4, 0.5) is 0 Å². The van der Waals surface area contributed by atoms with Crippen LogP contribution in [0, 0.1) is 11.3 Å². The molecule has 3 aromatic rings. The van der Waals surface area contributed by atoms with Crippen LogP contribution in [0.25, 0.3) is 10.9 Å². The van der Waals surface area contributed by atoms with Gasteiger partial charge < -0.3 is 9.47 Å². The number of fused-ring (bicyclic) bond motifs is 2. The first kappa shape index (κ1) is 15.2. The molecule has 1 atom stereocenters. The molecule has 0 radical (unpaired) electrons. The number of carbonyl (C=O) groups excluding carboxylic acids is 1. The number of hydrogen-bond acceptors (Lipinski definition) is 5. The Morgan fingerprint density at radius 2 is 1.96 bits per heavy atom. The van der Waals surface area contributed by atoms with Crippen LogP contribution in [0.1, 0.15) is 17.2 Å². The van der Waals surface area contributed by atoms with Gasteiger partial charge in [0.05, 0.1) is 17.3 Å². The maximum atomic E-state index is 12.6. The highest BCUT2D eigenvalue weighted by Crippen LogP contribution is 2.33. The first-order chi connectivity index (χ1) is 12.2. The van der Waals surface area contributed by atoms with Crippen LogP contribution in [0.15, 0.2) is 54.6 Å². The minimum absolute atomic E-state index is 0.142. The van der Waals surface area contributed by atoms with Gasteiger partial charge in [-0.25, -0.2) is 0 Å². The number of carbonyl (C=O) groups is 1. The molecule has 5 nitrogen and oxygen atoms in total. The fourth-order valence-electron chi connectivity index (χ4n) is 2.90. The number of nitrogens with zero attached hydrogens (tertiary/aromatic N) is 2. The standard InChI is InChI=1S/C20H14N2O3/c21-11-15(17-7-6-14-3-1-2-4-16(14)22-17)18(23)9-13-5-8-19-20(10-13)25-12-24-19/h1-8,10,15H,9,12H2. The quantitative estimate of drug-likeness (QED) is 0.733. The van der Waals surface area contributed by atoms with Gasteiger partial charge in [-0.3, -0.25) is 9.78 Å². The molecule has 1 aliphatic heterocycles. The van der Waals surface area contributed by atoms with Crippen LogP contribution in [0.5, 0.6) is 11.5 Å². The van der Waals surface area contributed by atoms with Gasteiger partial charge in [-0.15, -0.1) is 0 Å².